The van der Waals surface area contributed by atoms with Crippen LogP contribution in [0.1, 0.15) is 38.6 Å². The number of hydrogen-bond donors (Lipinski definition) is 0. The zero-order chi connectivity index (χ0) is 43.5. The van der Waals surface area contributed by atoms with E-state index in [2.05, 4.69) is 175 Å². The van der Waals surface area contributed by atoms with Crippen molar-refractivity contribution in [3.63, 3.8) is 0 Å². The minimum absolute atomic E-state index is 0.112. The summed E-state index contributed by atoms with van der Waals surface area (Å²) >= 11 is 9.39. The number of furan rings is 2. The van der Waals surface area contributed by atoms with E-state index in [1.54, 1.807) is 0 Å². The minimum Gasteiger partial charge on any atom is -0.490 e. The zero-order valence-corrected chi connectivity index (χ0v) is 43.4. The first-order valence-corrected chi connectivity index (χ1v) is 24.6. The SMILES string of the molecule is Cc1oc2ccccc2c1-c1c(C(=O)c2cc(I)c(OCCN(C)Cc3ccccc3)c(I)c2-c2c(C)oc3ccccc23)cc(I)c(OCCN(C)Cc2ccccc2)c1I. The molecule has 0 saturated heterocycles. The lowest BCUT2D eigenvalue weighted by molar-refractivity contribution is 0.103. The molecule has 0 aliphatic carbocycles. The van der Waals surface area contributed by atoms with E-state index in [0.29, 0.717) is 24.3 Å². The van der Waals surface area contributed by atoms with Crippen LogP contribution in [0.15, 0.2) is 130 Å². The smallest absolute Gasteiger partial charge is 0.194 e. The fourth-order valence-corrected chi connectivity index (χ4v) is 12.5. The largest absolute Gasteiger partial charge is 0.490 e. The molecule has 0 amide bonds. The molecule has 2 aromatic heterocycles. The van der Waals surface area contributed by atoms with E-state index < -0.39 is 0 Å². The fourth-order valence-electron chi connectivity index (χ4n) is 7.97. The Balaban J connectivity index is 1.22. The van der Waals surface area contributed by atoms with Gasteiger partial charge in [-0.15, -0.1) is 0 Å². The van der Waals surface area contributed by atoms with Gasteiger partial charge in [0, 0.05) is 70.3 Å². The van der Waals surface area contributed by atoms with Gasteiger partial charge in [-0.05, 0) is 154 Å². The number of para-hydroxylation sites is 2. The molecule has 0 atom stereocenters. The molecule has 0 radical (unpaired) electrons. The summed E-state index contributed by atoms with van der Waals surface area (Å²) in [5, 5.41) is 1.88. The lowest BCUT2D eigenvalue weighted by atomic mass is 9.88. The van der Waals surface area contributed by atoms with Crippen LogP contribution in [0.25, 0.3) is 44.2 Å². The molecule has 0 unspecified atom stereocenters. The van der Waals surface area contributed by atoms with Crippen molar-refractivity contribution in [2.75, 3.05) is 40.4 Å². The monoisotopic (exact) mass is 1270 g/mol. The molecule has 0 saturated carbocycles. The summed E-state index contributed by atoms with van der Waals surface area (Å²) in [6, 6.07) is 40.9. The maximum absolute atomic E-state index is 15.8. The highest BCUT2D eigenvalue weighted by molar-refractivity contribution is 14.1. The van der Waals surface area contributed by atoms with Gasteiger partial charge in [0.15, 0.2) is 5.78 Å². The number of rotatable bonds is 16. The van der Waals surface area contributed by atoms with Crippen molar-refractivity contribution in [2.24, 2.45) is 0 Å². The minimum atomic E-state index is -0.112. The predicted octanol–water partition coefficient (Wildman–Crippen LogP) is 13.8. The topological polar surface area (TPSA) is 68.3 Å². The molecular weight excluding hydrogens is 1230 g/mol. The molecule has 8 rings (SSSR count). The summed E-state index contributed by atoms with van der Waals surface area (Å²) in [5.41, 5.74) is 8.50. The molecular formula is C51H44I4N2O5. The van der Waals surface area contributed by atoms with Crippen molar-refractivity contribution in [1.29, 1.82) is 0 Å². The third kappa shape index (κ3) is 9.62. The van der Waals surface area contributed by atoms with Gasteiger partial charge in [0.25, 0.3) is 0 Å². The molecule has 62 heavy (non-hydrogen) atoms. The molecule has 0 N–H and O–H groups in total. The van der Waals surface area contributed by atoms with Crippen LogP contribution in [0.2, 0.25) is 0 Å². The number of aryl methyl sites for hydroxylation is 2. The highest BCUT2D eigenvalue weighted by Gasteiger charge is 2.32. The first-order chi connectivity index (χ1) is 30.0. The maximum atomic E-state index is 15.8. The molecule has 0 aliphatic rings. The predicted molar refractivity (Wildman–Crippen MR) is 284 cm³/mol. The van der Waals surface area contributed by atoms with Gasteiger partial charge in [0.05, 0.1) is 14.3 Å². The number of likely N-dealkylation sites (N-methyl/N-ethyl adjacent to an activating group) is 2. The lowest BCUT2D eigenvalue weighted by Gasteiger charge is -2.22. The Hall–Kier alpha value is -3.49. The second-order valence-corrected chi connectivity index (χ2v) is 19.9. The third-order valence-electron chi connectivity index (χ3n) is 10.9. The number of ketones is 1. The van der Waals surface area contributed by atoms with E-state index in [1.807, 2.05) is 74.5 Å². The van der Waals surface area contributed by atoms with Crippen LogP contribution < -0.4 is 9.47 Å². The van der Waals surface area contributed by atoms with Crippen LogP contribution in [-0.4, -0.2) is 56.0 Å². The molecule has 316 valence electrons. The van der Waals surface area contributed by atoms with Gasteiger partial charge in [-0.3, -0.25) is 14.6 Å². The molecule has 0 spiro atoms. The second kappa shape index (κ2) is 20.1. The number of benzene rings is 6. The van der Waals surface area contributed by atoms with Gasteiger partial charge < -0.3 is 18.3 Å². The Morgan fingerprint density at radius 3 is 1.31 bits per heavy atom. The molecule has 0 fully saturated rings. The van der Waals surface area contributed by atoms with Crippen LogP contribution in [0.5, 0.6) is 11.5 Å². The van der Waals surface area contributed by atoms with E-state index in [-0.39, 0.29) is 5.78 Å². The number of ether oxygens (including phenoxy) is 2. The summed E-state index contributed by atoms with van der Waals surface area (Å²) in [6.07, 6.45) is 0. The highest BCUT2D eigenvalue weighted by atomic mass is 127. The molecule has 0 bridgehead atoms. The average Bonchev–Trinajstić information content (AvgIpc) is 3.77. The first kappa shape index (κ1) is 45.1. The van der Waals surface area contributed by atoms with Gasteiger partial charge in [-0.25, -0.2) is 0 Å². The number of hydrogen-bond acceptors (Lipinski definition) is 7. The summed E-state index contributed by atoms with van der Waals surface area (Å²) in [5.74, 6) is 2.85. The van der Waals surface area contributed by atoms with E-state index in [9.17, 15) is 0 Å². The second-order valence-electron chi connectivity index (χ2n) is 15.4. The van der Waals surface area contributed by atoms with E-state index in [0.717, 1.165) is 108 Å². The Labute approximate surface area is 417 Å². The number of fused-ring (bicyclic) bond motifs is 2. The number of nitrogens with zero attached hydrogens (tertiary/aromatic N) is 2. The zero-order valence-electron chi connectivity index (χ0n) is 34.7. The van der Waals surface area contributed by atoms with E-state index >= 15 is 4.79 Å². The maximum Gasteiger partial charge on any atom is 0.194 e. The molecule has 11 heteroatoms. The van der Waals surface area contributed by atoms with E-state index in [1.165, 1.54) is 11.1 Å². The van der Waals surface area contributed by atoms with Gasteiger partial charge in [0.1, 0.15) is 47.4 Å². The molecule has 8 aromatic rings. The van der Waals surface area contributed by atoms with Gasteiger partial charge in [-0.2, -0.15) is 0 Å². The summed E-state index contributed by atoms with van der Waals surface area (Å²) in [6.45, 7) is 7.97. The highest BCUT2D eigenvalue weighted by Crippen LogP contribution is 2.48. The summed E-state index contributed by atoms with van der Waals surface area (Å²) in [7, 11) is 4.21. The normalized spacial score (nSPS) is 11.6. The van der Waals surface area contributed by atoms with Crippen molar-refractivity contribution in [3.8, 4) is 33.8 Å². The molecule has 0 aliphatic heterocycles. The van der Waals surface area contributed by atoms with Crippen LogP contribution in [-0.2, 0) is 13.1 Å². The first-order valence-electron chi connectivity index (χ1n) is 20.3. The van der Waals surface area contributed by atoms with Gasteiger partial charge >= 0.3 is 0 Å². The Morgan fingerprint density at radius 2 is 0.903 bits per heavy atom. The summed E-state index contributed by atoms with van der Waals surface area (Å²) in [4.78, 5) is 20.3. The number of carbonyl (C=O) groups excluding carboxylic acids is 1. The van der Waals surface area contributed by atoms with Crippen LogP contribution in [0.3, 0.4) is 0 Å². The Morgan fingerprint density at radius 1 is 0.532 bits per heavy atom. The van der Waals surface area contributed by atoms with Crippen LogP contribution in [0.4, 0.5) is 0 Å². The number of carbonyl (C=O) groups is 1. The third-order valence-corrected chi connectivity index (χ3v) is 14.6. The Bertz CT molecular complexity index is 2700. The molecule has 6 aromatic carbocycles. The molecule has 2 heterocycles. The summed E-state index contributed by atoms with van der Waals surface area (Å²) < 4.78 is 29.5. The quantitative estimate of drug-likeness (QED) is 0.0705. The van der Waals surface area contributed by atoms with Crippen molar-refractivity contribution in [1.82, 2.24) is 9.80 Å². The lowest BCUT2D eigenvalue weighted by Crippen LogP contribution is -2.24. The standard InChI is InChI=1S/C51H44I4N2O5/c1-31-43(35-19-11-13-21-41(35)61-31)45-37(27-39(52)50(47(45)54)59-25-23-56(3)29-33-15-7-5-8-16-33)49(58)38-28-40(53)51(60-26-24-57(4)30-34-17-9-6-10-18-34)48(55)46(38)44-32(2)62-42-22-14-12-20-36(42)44/h5-22,27-28H,23-26,29-30H2,1-4H3. The van der Waals surface area contributed by atoms with Crippen molar-refractivity contribution in [3.05, 3.63) is 169 Å². The van der Waals surface area contributed by atoms with Crippen molar-refractivity contribution < 1.29 is 23.1 Å². The number of halogens is 4. The molecule has 7 nitrogen and oxygen atoms in total. The van der Waals surface area contributed by atoms with Gasteiger partial charge in [0.2, 0.25) is 0 Å². The van der Waals surface area contributed by atoms with Crippen molar-refractivity contribution >= 4 is 118 Å². The van der Waals surface area contributed by atoms with Crippen molar-refractivity contribution in [2.45, 2.75) is 26.9 Å². The van der Waals surface area contributed by atoms with E-state index in [4.69, 9.17) is 18.3 Å². The Kier molecular flexibility index (Phi) is 14.6. The average molecular weight is 1270 g/mol. The van der Waals surface area contributed by atoms with Gasteiger partial charge in [-0.1, -0.05) is 97.1 Å². The fraction of sp³-hybridized carbons (Fsp3) is 0.196. The van der Waals surface area contributed by atoms with Crippen LogP contribution >= 0.6 is 90.4 Å². The van der Waals surface area contributed by atoms with Crippen LogP contribution in [0, 0.1) is 28.1 Å².